The van der Waals surface area contributed by atoms with E-state index in [1.807, 2.05) is 30.5 Å². The third-order valence-corrected chi connectivity index (χ3v) is 3.56. The molecule has 0 bridgehead atoms. The zero-order valence-corrected chi connectivity index (χ0v) is 13.0. The number of fused-ring (bicyclic) bond motifs is 1. The lowest BCUT2D eigenvalue weighted by Gasteiger charge is -2.05. The number of hydrogen-bond acceptors (Lipinski definition) is 3. The fourth-order valence-corrected chi connectivity index (χ4v) is 2.45. The number of allylic oxidation sites excluding steroid dienone is 1. The van der Waals surface area contributed by atoms with Crippen LogP contribution in [0.2, 0.25) is 0 Å². The van der Waals surface area contributed by atoms with Crippen molar-refractivity contribution in [2.24, 2.45) is 0 Å². The van der Waals surface area contributed by atoms with E-state index in [4.69, 9.17) is 4.74 Å². The average molecular weight is 344 g/mol. The van der Waals surface area contributed by atoms with Crippen LogP contribution < -0.4 is 4.74 Å². The van der Waals surface area contributed by atoms with Crippen LogP contribution >= 0.6 is 15.9 Å². The summed E-state index contributed by atoms with van der Waals surface area (Å²) >= 11 is 3.47. The van der Waals surface area contributed by atoms with E-state index in [0.29, 0.717) is 13.2 Å². The van der Waals surface area contributed by atoms with Crippen molar-refractivity contribution in [3.05, 3.63) is 65.4 Å². The Kier molecular flexibility index (Phi) is 4.01. The molecule has 0 saturated heterocycles. The van der Waals surface area contributed by atoms with Gasteiger partial charge in [0.15, 0.2) is 0 Å². The van der Waals surface area contributed by atoms with Gasteiger partial charge in [-0.3, -0.25) is 0 Å². The molecule has 0 spiro atoms. The highest BCUT2D eigenvalue weighted by Gasteiger charge is 2.02. The van der Waals surface area contributed by atoms with Crippen LogP contribution in [0.15, 0.2) is 59.7 Å². The molecule has 5 heteroatoms. The van der Waals surface area contributed by atoms with Gasteiger partial charge >= 0.3 is 0 Å². The number of ether oxygens (including phenoxy) is 1. The van der Waals surface area contributed by atoms with E-state index in [-0.39, 0.29) is 0 Å². The van der Waals surface area contributed by atoms with Crippen LogP contribution in [-0.4, -0.2) is 15.0 Å². The fraction of sp³-hybridized carbons (Fsp3) is 0.125. The molecule has 0 aliphatic heterocycles. The van der Waals surface area contributed by atoms with Crippen LogP contribution in [0.1, 0.15) is 5.69 Å². The topological polar surface area (TPSA) is 39.9 Å². The molecule has 4 nitrogen and oxygen atoms in total. The number of rotatable bonds is 5. The molecule has 0 fully saturated rings. The lowest BCUT2D eigenvalue weighted by molar-refractivity contribution is 0.301. The highest BCUT2D eigenvalue weighted by Crippen LogP contribution is 2.24. The molecule has 0 unspecified atom stereocenters. The van der Waals surface area contributed by atoms with Gasteiger partial charge in [0.25, 0.3) is 0 Å². The van der Waals surface area contributed by atoms with E-state index in [2.05, 4.69) is 45.0 Å². The summed E-state index contributed by atoms with van der Waals surface area (Å²) in [5.41, 5.74) is 0.799. The second-order valence-corrected chi connectivity index (χ2v) is 5.58. The first-order valence-corrected chi connectivity index (χ1v) is 7.36. The molecule has 3 aromatic rings. The second kappa shape index (κ2) is 6.10. The first-order valence-electron chi connectivity index (χ1n) is 6.56. The first-order chi connectivity index (χ1) is 10.2. The molecule has 3 rings (SSSR count). The van der Waals surface area contributed by atoms with Crippen molar-refractivity contribution < 1.29 is 4.74 Å². The predicted molar refractivity (Wildman–Crippen MR) is 86.2 cm³/mol. The third kappa shape index (κ3) is 3.31. The van der Waals surface area contributed by atoms with Crippen LogP contribution in [0.25, 0.3) is 10.8 Å². The molecule has 21 heavy (non-hydrogen) atoms. The Morgan fingerprint density at radius 3 is 2.86 bits per heavy atom. The van der Waals surface area contributed by atoms with Crippen molar-refractivity contribution in [3.63, 3.8) is 0 Å². The number of nitrogens with zero attached hydrogens (tertiary/aromatic N) is 3. The highest BCUT2D eigenvalue weighted by atomic mass is 79.9. The number of aromatic nitrogens is 3. The Balaban J connectivity index is 1.72. The molecule has 1 aromatic heterocycles. The van der Waals surface area contributed by atoms with Gasteiger partial charge in [-0.15, -0.1) is 11.7 Å². The molecule has 2 aromatic carbocycles. The zero-order chi connectivity index (χ0) is 14.7. The molecular weight excluding hydrogens is 330 g/mol. The van der Waals surface area contributed by atoms with Gasteiger partial charge in [-0.2, -0.15) is 0 Å². The minimum Gasteiger partial charge on any atom is -0.487 e. The Morgan fingerprint density at radius 2 is 2.00 bits per heavy atom. The van der Waals surface area contributed by atoms with Gasteiger partial charge in [0.05, 0.1) is 12.7 Å². The minimum absolute atomic E-state index is 0.402. The summed E-state index contributed by atoms with van der Waals surface area (Å²) in [7, 11) is 0. The summed E-state index contributed by atoms with van der Waals surface area (Å²) in [6.07, 6.45) is 3.64. The molecule has 0 amide bonds. The lowest BCUT2D eigenvalue weighted by atomic mass is 10.1. The van der Waals surface area contributed by atoms with Crippen molar-refractivity contribution in [1.82, 2.24) is 15.0 Å². The van der Waals surface area contributed by atoms with Crippen LogP contribution in [0.5, 0.6) is 5.75 Å². The number of benzene rings is 2. The quantitative estimate of drug-likeness (QED) is 0.658. The van der Waals surface area contributed by atoms with E-state index < -0.39 is 0 Å². The molecule has 0 saturated carbocycles. The average Bonchev–Trinajstić information content (AvgIpc) is 2.93. The number of halogens is 1. The molecule has 106 valence electrons. The van der Waals surface area contributed by atoms with Gasteiger partial charge < -0.3 is 4.74 Å². The third-order valence-electron chi connectivity index (χ3n) is 3.06. The predicted octanol–water partition coefficient (Wildman–Crippen LogP) is 3.96. The summed E-state index contributed by atoms with van der Waals surface area (Å²) in [6.45, 7) is 4.72. The van der Waals surface area contributed by atoms with E-state index in [0.717, 1.165) is 21.3 Å². The second-order valence-electron chi connectivity index (χ2n) is 4.66. The summed E-state index contributed by atoms with van der Waals surface area (Å²) in [4.78, 5) is 0. The first kappa shape index (κ1) is 13.8. The lowest BCUT2D eigenvalue weighted by Crippen LogP contribution is -1.96. The van der Waals surface area contributed by atoms with E-state index in [1.54, 1.807) is 10.8 Å². The van der Waals surface area contributed by atoms with Crippen molar-refractivity contribution >= 4 is 26.7 Å². The van der Waals surface area contributed by atoms with Crippen LogP contribution in [-0.2, 0) is 13.2 Å². The Hall–Kier alpha value is -2.14. The molecule has 0 N–H and O–H groups in total. The summed E-state index contributed by atoms with van der Waals surface area (Å²) in [5, 5.41) is 10.4. The van der Waals surface area contributed by atoms with Gasteiger partial charge in [0.2, 0.25) is 0 Å². The Bertz CT molecular complexity index is 782. The minimum atomic E-state index is 0.402. The fourth-order valence-electron chi connectivity index (χ4n) is 2.07. The molecular formula is C16H14BrN3O. The summed E-state index contributed by atoms with van der Waals surface area (Å²) in [6, 6.07) is 12.2. The summed E-state index contributed by atoms with van der Waals surface area (Å²) in [5.74, 6) is 0.822. The molecule has 0 radical (unpaired) electrons. The molecule has 0 aliphatic rings. The van der Waals surface area contributed by atoms with Crippen LogP contribution in [0.3, 0.4) is 0 Å². The normalized spacial score (nSPS) is 10.7. The molecule has 1 heterocycles. The maximum absolute atomic E-state index is 5.77. The Labute approximate surface area is 131 Å². The SMILES string of the molecule is C=CCn1cc(COc2ccc3cc(Br)ccc3c2)nn1. The van der Waals surface area contributed by atoms with Crippen molar-refractivity contribution in [2.75, 3.05) is 0 Å². The summed E-state index contributed by atoms with van der Waals surface area (Å²) < 4.78 is 8.57. The number of hydrogen-bond donors (Lipinski definition) is 0. The van der Waals surface area contributed by atoms with Gasteiger partial charge in [0.1, 0.15) is 18.1 Å². The highest BCUT2D eigenvalue weighted by molar-refractivity contribution is 9.10. The van der Waals surface area contributed by atoms with E-state index >= 15 is 0 Å². The van der Waals surface area contributed by atoms with E-state index in [1.165, 1.54) is 5.39 Å². The molecule has 0 atom stereocenters. The van der Waals surface area contributed by atoms with Gasteiger partial charge in [0, 0.05) is 4.47 Å². The smallest absolute Gasteiger partial charge is 0.134 e. The largest absolute Gasteiger partial charge is 0.487 e. The zero-order valence-electron chi connectivity index (χ0n) is 11.4. The van der Waals surface area contributed by atoms with E-state index in [9.17, 15) is 0 Å². The van der Waals surface area contributed by atoms with Gasteiger partial charge in [-0.1, -0.05) is 39.4 Å². The monoisotopic (exact) mass is 343 g/mol. The maximum Gasteiger partial charge on any atom is 0.134 e. The van der Waals surface area contributed by atoms with Crippen molar-refractivity contribution in [2.45, 2.75) is 13.2 Å². The standard InChI is InChI=1S/C16H14BrN3O/c1-2-7-20-10-15(18-19-20)11-21-16-6-4-12-8-14(17)5-3-13(12)9-16/h2-6,8-10H,1,7,11H2. The molecule has 0 aliphatic carbocycles. The maximum atomic E-state index is 5.77. The van der Waals surface area contributed by atoms with Crippen molar-refractivity contribution in [3.8, 4) is 5.75 Å². The van der Waals surface area contributed by atoms with Crippen LogP contribution in [0, 0.1) is 0 Å². The Morgan fingerprint density at radius 1 is 1.19 bits per heavy atom. The van der Waals surface area contributed by atoms with Gasteiger partial charge in [-0.05, 0) is 35.0 Å². The van der Waals surface area contributed by atoms with Crippen LogP contribution in [0.4, 0.5) is 0 Å². The van der Waals surface area contributed by atoms with Crippen molar-refractivity contribution in [1.29, 1.82) is 0 Å². The van der Waals surface area contributed by atoms with Gasteiger partial charge in [-0.25, -0.2) is 4.68 Å².